The summed E-state index contributed by atoms with van der Waals surface area (Å²) in [6.45, 7) is 15.2. The largest absolute Gasteiger partial charge is 0.463 e. The van der Waals surface area contributed by atoms with Crippen LogP contribution in [0.3, 0.4) is 0 Å². The molecule has 172 valence electrons. The number of allylic oxidation sites excluding steroid dienone is 2. The van der Waals surface area contributed by atoms with Crippen molar-refractivity contribution >= 4 is 15.7 Å². The quantitative estimate of drug-likeness (QED) is 0.356. The Bertz CT molecular complexity index is 959. The Morgan fingerprint density at radius 2 is 2.03 bits per heavy atom. The summed E-state index contributed by atoms with van der Waals surface area (Å²) in [4.78, 5) is 38.3. The average Bonchev–Trinajstić information content (AvgIpc) is 3.11. The summed E-state index contributed by atoms with van der Waals surface area (Å²) < 4.78 is 13.1. The van der Waals surface area contributed by atoms with Crippen molar-refractivity contribution in [1.82, 2.24) is 9.55 Å². The number of nitrogens with one attached hydrogen (secondary N) is 1. The van der Waals surface area contributed by atoms with Crippen LogP contribution in [0.5, 0.6) is 0 Å². The third-order valence-electron chi connectivity index (χ3n) is 7.00. The fourth-order valence-corrected chi connectivity index (χ4v) is 5.52. The van der Waals surface area contributed by atoms with Crippen LogP contribution in [0.1, 0.15) is 54.0 Å². The number of hydrogen-bond donors (Lipinski definition) is 1. The fraction of sp³-hybridized carbons (Fsp3) is 0.609. The first kappa shape index (κ1) is 25.1. The molecular formula is C23H36N2O5Si. The molecule has 1 heterocycles. The van der Waals surface area contributed by atoms with Crippen molar-refractivity contribution in [1.29, 1.82) is 0 Å². The molecule has 0 radical (unpaired) electrons. The number of H-pyrrole nitrogens is 1. The summed E-state index contributed by atoms with van der Waals surface area (Å²) in [6.07, 6.45) is 7.38. The van der Waals surface area contributed by atoms with Crippen LogP contribution in [-0.4, -0.2) is 37.5 Å². The summed E-state index contributed by atoms with van der Waals surface area (Å²) in [5.74, 6) is -0.0857. The van der Waals surface area contributed by atoms with Gasteiger partial charge in [-0.15, -0.1) is 0 Å². The van der Waals surface area contributed by atoms with Gasteiger partial charge in [0.15, 0.2) is 9.76 Å². The minimum atomic E-state index is -0.748. The molecule has 3 atom stereocenters. The van der Waals surface area contributed by atoms with Gasteiger partial charge in [0.2, 0.25) is 0 Å². The molecule has 0 aromatic carbocycles. The summed E-state index contributed by atoms with van der Waals surface area (Å²) in [7, 11) is -0.748. The Balaban J connectivity index is 2.57. The minimum Gasteiger partial charge on any atom is -0.463 e. The second kappa shape index (κ2) is 9.95. The Labute approximate surface area is 186 Å². The van der Waals surface area contributed by atoms with Crippen LogP contribution in [0.15, 0.2) is 45.7 Å². The second-order valence-electron chi connectivity index (χ2n) is 9.04. The average molecular weight is 449 g/mol. The first-order valence-corrected chi connectivity index (χ1v) is 13.0. The zero-order valence-electron chi connectivity index (χ0n) is 19.7. The van der Waals surface area contributed by atoms with Gasteiger partial charge in [-0.1, -0.05) is 46.4 Å². The lowest BCUT2D eigenvalue weighted by atomic mass is 9.61. The number of carbonyl (C=O) groups is 1. The van der Waals surface area contributed by atoms with Crippen LogP contribution >= 0.6 is 0 Å². The molecule has 31 heavy (non-hydrogen) atoms. The minimum absolute atomic E-state index is 0.0353. The highest BCUT2D eigenvalue weighted by atomic mass is 28.2. The molecule has 0 saturated carbocycles. The van der Waals surface area contributed by atoms with Crippen molar-refractivity contribution in [2.45, 2.75) is 66.2 Å². The fourth-order valence-electron chi connectivity index (χ4n) is 4.34. The van der Waals surface area contributed by atoms with E-state index in [1.807, 2.05) is 6.08 Å². The number of aromatic nitrogens is 2. The molecule has 0 spiro atoms. The Hall–Kier alpha value is -2.19. The van der Waals surface area contributed by atoms with Crippen molar-refractivity contribution in [3.8, 4) is 0 Å². The highest BCUT2D eigenvalue weighted by Crippen LogP contribution is 2.52. The molecule has 1 aliphatic carbocycles. The monoisotopic (exact) mass is 448 g/mol. The standard InChI is InChI=1S/C23H36N2O5Si/c1-8-29-20(27)10-9-16-13-17(25-12-11-19(26)24-21(25)28)14-18(16)23(6,30-31-7)22(4,5)15(2)3/h9-13,15,17-18H,8,14,31H2,1-7H3,(H,24,26,28). The Morgan fingerprint density at radius 3 is 2.58 bits per heavy atom. The number of rotatable bonds is 9. The van der Waals surface area contributed by atoms with E-state index in [0.717, 1.165) is 5.57 Å². The molecular weight excluding hydrogens is 412 g/mol. The lowest BCUT2D eigenvalue weighted by Crippen LogP contribution is -2.53. The lowest BCUT2D eigenvalue weighted by molar-refractivity contribution is -0.137. The molecule has 1 aliphatic rings. The van der Waals surface area contributed by atoms with Gasteiger partial charge in [-0.05, 0) is 37.2 Å². The molecule has 2 rings (SSSR count). The maximum absolute atomic E-state index is 12.4. The van der Waals surface area contributed by atoms with Crippen LogP contribution in [0.25, 0.3) is 0 Å². The smallest absolute Gasteiger partial charge is 0.330 e. The first-order valence-electron chi connectivity index (χ1n) is 11.0. The SMILES string of the molecule is CCOC(=O)C=CC1=CC(n2ccc(=O)[nH]c2=O)CC1C(C)(O[SiH2]C)C(C)(C)C(C)C. The van der Waals surface area contributed by atoms with Gasteiger partial charge in [-0.25, -0.2) is 9.59 Å². The van der Waals surface area contributed by atoms with Crippen LogP contribution in [0.2, 0.25) is 6.55 Å². The summed E-state index contributed by atoms with van der Waals surface area (Å²) in [6, 6.07) is 1.10. The van der Waals surface area contributed by atoms with Crippen molar-refractivity contribution in [2.75, 3.05) is 6.61 Å². The van der Waals surface area contributed by atoms with Gasteiger partial charge >= 0.3 is 11.7 Å². The van der Waals surface area contributed by atoms with Gasteiger partial charge in [0.1, 0.15) is 0 Å². The number of aromatic amines is 1. The van der Waals surface area contributed by atoms with Crippen LogP contribution in [-0.2, 0) is 14.0 Å². The molecule has 3 unspecified atom stereocenters. The van der Waals surface area contributed by atoms with E-state index in [4.69, 9.17) is 9.16 Å². The Kier molecular flexibility index (Phi) is 8.05. The van der Waals surface area contributed by atoms with Crippen molar-refractivity contribution in [2.24, 2.45) is 17.3 Å². The van der Waals surface area contributed by atoms with E-state index in [1.54, 1.807) is 13.0 Å². The number of carbonyl (C=O) groups excluding carboxylic acids is 1. The highest BCUT2D eigenvalue weighted by Gasteiger charge is 2.51. The van der Waals surface area contributed by atoms with Crippen molar-refractivity contribution < 1.29 is 14.0 Å². The molecule has 1 N–H and O–H groups in total. The number of nitrogens with zero attached hydrogens (tertiary/aromatic N) is 1. The Morgan fingerprint density at radius 1 is 1.35 bits per heavy atom. The second-order valence-corrected chi connectivity index (χ2v) is 9.91. The van der Waals surface area contributed by atoms with E-state index in [2.05, 4.69) is 46.1 Å². The molecule has 0 amide bonds. The topological polar surface area (TPSA) is 90.4 Å². The highest BCUT2D eigenvalue weighted by molar-refractivity contribution is 6.25. The number of esters is 1. The van der Waals surface area contributed by atoms with Gasteiger partial charge < -0.3 is 9.16 Å². The molecule has 0 bridgehead atoms. The van der Waals surface area contributed by atoms with Crippen molar-refractivity contribution in [3.63, 3.8) is 0 Å². The van der Waals surface area contributed by atoms with Gasteiger partial charge in [0.25, 0.3) is 5.56 Å². The predicted molar refractivity (Wildman–Crippen MR) is 125 cm³/mol. The maximum Gasteiger partial charge on any atom is 0.330 e. The molecule has 0 aliphatic heterocycles. The maximum atomic E-state index is 12.4. The van der Waals surface area contributed by atoms with E-state index >= 15 is 0 Å². The van der Waals surface area contributed by atoms with Gasteiger partial charge in [-0.3, -0.25) is 14.3 Å². The lowest BCUT2D eigenvalue weighted by Gasteiger charge is -2.51. The van der Waals surface area contributed by atoms with E-state index in [-0.39, 0.29) is 17.4 Å². The number of hydrogen-bond acceptors (Lipinski definition) is 5. The molecule has 1 aromatic rings. The van der Waals surface area contributed by atoms with E-state index in [1.165, 1.54) is 22.9 Å². The summed E-state index contributed by atoms with van der Waals surface area (Å²) >= 11 is 0. The molecule has 1 aromatic heterocycles. The van der Waals surface area contributed by atoms with Crippen LogP contribution < -0.4 is 11.2 Å². The molecule has 7 nitrogen and oxygen atoms in total. The van der Waals surface area contributed by atoms with Gasteiger partial charge in [0, 0.05) is 24.3 Å². The van der Waals surface area contributed by atoms with Gasteiger partial charge in [0.05, 0.1) is 18.2 Å². The molecule has 0 fully saturated rings. The third kappa shape index (κ3) is 5.18. The molecule has 0 saturated heterocycles. The van der Waals surface area contributed by atoms with E-state index < -0.39 is 32.6 Å². The van der Waals surface area contributed by atoms with E-state index in [9.17, 15) is 14.4 Å². The van der Waals surface area contributed by atoms with E-state index in [0.29, 0.717) is 18.9 Å². The van der Waals surface area contributed by atoms with Gasteiger partial charge in [-0.2, -0.15) is 0 Å². The zero-order valence-corrected chi connectivity index (χ0v) is 21.1. The predicted octanol–water partition coefficient (Wildman–Crippen LogP) is 2.73. The summed E-state index contributed by atoms with van der Waals surface area (Å²) in [5, 5.41) is 0. The molecule has 8 heteroatoms. The third-order valence-corrected chi connectivity index (χ3v) is 7.89. The number of ether oxygens (including phenoxy) is 1. The van der Waals surface area contributed by atoms with Crippen LogP contribution in [0, 0.1) is 17.3 Å². The normalized spacial score (nSPS) is 21.7. The summed E-state index contributed by atoms with van der Waals surface area (Å²) in [5.41, 5.74) is -0.586. The first-order chi connectivity index (χ1) is 14.5. The van der Waals surface area contributed by atoms with Crippen LogP contribution in [0.4, 0.5) is 0 Å². The van der Waals surface area contributed by atoms with Crippen molar-refractivity contribution in [3.05, 3.63) is 56.9 Å². The zero-order chi connectivity index (χ0) is 23.4.